The topological polar surface area (TPSA) is 129 Å². The maximum atomic E-state index is 13.7. The van der Waals surface area contributed by atoms with Crippen molar-refractivity contribution in [1.29, 1.82) is 0 Å². The van der Waals surface area contributed by atoms with E-state index in [0.717, 1.165) is 17.2 Å². The largest absolute Gasteiger partial charge is 0.417 e. The number of benzene rings is 3. The molecule has 16 heteroatoms. The fraction of sp³-hybridized carbons (Fsp3) is 0.400. The summed E-state index contributed by atoms with van der Waals surface area (Å²) >= 11 is 2.92. The molecule has 0 amide bonds. The van der Waals surface area contributed by atoms with Crippen molar-refractivity contribution in [2.75, 3.05) is 57.6 Å². The van der Waals surface area contributed by atoms with Gasteiger partial charge in [0.1, 0.15) is 0 Å². The Bertz CT molecular complexity index is 1550. The van der Waals surface area contributed by atoms with Gasteiger partial charge >= 0.3 is 6.18 Å². The quantitative estimate of drug-likeness (QED) is 0.136. The maximum Gasteiger partial charge on any atom is 0.417 e. The summed E-state index contributed by atoms with van der Waals surface area (Å²) in [5.41, 5.74) is 1.11. The molecule has 254 valence electrons. The van der Waals surface area contributed by atoms with Gasteiger partial charge in [0, 0.05) is 28.8 Å². The molecule has 0 aromatic heterocycles. The van der Waals surface area contributed by atoms with Crippen LogP contribution in [0.3, 0.4) is 0 Å². The van der Waals surface area contributed by atoms with E-state index in [1.807, 2.05) is 13.8 Å². The molecule has 0 atom stereocenters. The predicted octanol–water partition coefficient (Wildman–Crippen LogP) is 5.23. The molecule has 3 aromatic carbocycles. The zero-order chi connectivity index (χ0) is 34.0. The lowest BCUT2D eigenvalue weighted by Crippen LogP contribution is -2.33. The smallest absolute Gasteiger partial charge is 0.392 e. The molecule has 0 unspecified atom stereocenters. The molecule has 0 aliphatic rings. The molecule has 10 nitrogen and oxygen atoms in total. The molecular formula is C30H35BrF3NO9S2. The molecule has 0 fully saturated rings. The Labute approximate surface area is 275 Å². The summed E-state index contributed by atoms with van der Waals surface area (Å²) in [6.45, 7) is 2.27. The second kappa shape index (κ2) is 17.0. The minimum Gasteiger partial charge on any atom is -0.392 e. The number of hydrogen-bond donors (Lipinski definition) is 1. The van der Waals surface area contributed by atoms with Crippen LogP contribution in [0, 0.1) is 13.8 Å². The molecule has 0 heterocycles. The first kappa shape index (κ1) is 37.9. The van der Waals surface area contributed by atoms with E-state index in [2.05, 4.69) is 15.9 Å². The van der Waals surface area contributed by atoms with Crippen LogP contribution >= 0.6 is 15.9 Å². The number of aliphatic hydroxyl groups is 1. The first-order chi connectivity index (χ1) is 21.6. The van der Waals surface area contributed by atoms with Crippen molar-refractivity contribution in [1.82, 2.24) is 0 Å². The first-order valence-electron chi connectivity index (χ1n) is 14.0. The molecule has 46 heavy (non-hydrogen) atoms. The highest BCUT2D eigenvalue weighted by molar-refractivity contribution is 9.10. The summed E-state index contributed by atoms with van der Waals surface area (Å²) in [6, 6.07) is 14.3. The summed E-state index contributed by atoms with van der Waals surface area (Å²) in [5, 5.41) is 9.90. The van der Waals surface area contributed by atoms with Gasteiger partial charge in [-0.3, -0.25) is 8.37 Å². The highest BCUT2D eigenvalue weighted by Gasteiger charge is 2.34. The Morgan fingerprint density at radius 3 is 1.54 bits per heavy atom. The van der Waals surface area contributed by atoms with Crippen LogP contribution in [-0.4, -0.2) is 74.7 Å². The standard InChI is InChI=1S/C30H35BrF3NO9S2/c1-22-3-7-25(8-4-22)45(37,38)43-17-15-41-13-11-35(29-20-27(30(32,33)34)28(31)19-24(29)21-36)12-14-42-16-18-44-46(39,40)26-9-5-23(2)6-10-26/h3-10,19-20,36H,11-18,21H2,1-2H3. The van der Waals surface area contributed by atoms with Gasteiger partial charge in [-0.15, -0.1) is 0 Å². The Hall–Kier alpha value is -2.57. The van der Waals surface area contributed by atoms with Crippen molar-refractivity contribution in [2.24, 2.45) is 0 Å². The third-order valence-corrected chi connectivity index (χ3v) is 9.86. The van der Waals surface area contributed by atoms with Gasteiger partial charge in [0.05, 0.1) is 61.6 Å². The number of nitrogens with zero attached hydrogens (tertiary/aromatic N) is 1. The van der Waals surface area contributed by atoms with E-state index in [1.54, 1.807) is 24.3 Å². The van der Waals surface area contributed by atoms with Crippen LogP contribution in [0.25, 0.3) is 0 Å². The highest BCUT2D eigenvalue weighted by Crippen LogP contribution is 2.39. The van der Waals surface area contributed by atoms with Crippen molar-refractivity contribution >= 4 is 41.9 Å². The Kier molecular flexibility index (Phi) is 14.0. The fourth-order valence-corrected chi connectivity index (χ4v) is 6.50. The van der Waals surface area contributed by atoms with Gasteiger partial charge in [-0.25, -0.2) is 0 Å². The van der Waals surface area contributed by atoms with Crippen LogP contribution in [0.4, 0.5) is 18.9 Å². The number of alkyl halides is 3. The van der Waals surface area contributed by atoms with Crippen molar-refractivity contribution in [2.45, 2.75) is 36.4 Å². The second-order valence-electron chi connectivity index (χ2n) is 10.0. The normalized spacial score (nSPS) is 12.4. The van der Waals surface area contributed by atoms with Crippen LogP contribution < -0.4 is 4.90 Å². The van der Waals surface area contributed by atoms with Crippen LogP contribution in [0.15, 0.2) is 74.9 Å². The monoisotopic (exact) mass is 753 g/mol. The summed E-state index contributed by atoms with van der Waals surface area (Å²) in [4.78, 5) is 1.51. The van der Waals surface area contributed by atoms with Crippen molar-refractivity contribution in [3.8, 4) is 0 Å². The minimum atomic E-state index is -4.68. The summed E-state index contributed by atoms with van der Waals surface area (Å²) < 4.78 is 111. The van der Waals surface area contributed by atoms with E-state index < -0.39 is 38.6 Å². The number of aliphatic hydroxyl groups excluding tert-OH is 1. The van der Waals surface area contributed by atoms with Gasteiger partial charge in [-0.2, -0.15) is 30.0 Å². The van der Waals surface area contributed by atoms with Crippen molar-refractivity contribution < 1.29 is 53.0 Å². The van der Waals surface area contributed by atoms with Crippen LogP contribution in [0.2, 0.25) is 0 Å². The van der Waals surface area contributed by atoms with E-state index in [9.17, 15) is 35.1 Å². The molecule has 3 rings (SSSR count). The van der Waals surface area contributed by atoms with Gasteiger partial charge in [0.15, 0.2) is 0 Å². The zero-order valence-electron chi connectivity index (χ0n) is 25.1. The summed E-state index contributed by atoms with van der Waals surface area (Å²) in [6.07, 6.45) is -4.68. The SMILES string of the molecule is Cc1ccc(S(=O)(=O)OCCOCCN(CCOCCOS(=O)(=O)c2ccc(C)cc2)c2cc(C(F)(F)F)c(Br)cc2CO)cc1. The lowest BCUT2D eigenvalue weighted by molar-refractivity contribution is -0.138. The molecule has 0 aliphatic heterocycles. The van der Waals surface area contributed by atoms with Crippen molar-refractivity contribution in [3.63, 3.8) is 0 Å². The lowest BCUT2D eigenvalue weighted by Gasteiger charge is -2.28. The third-order valence-electron chi connectivity index (χ3n) is 6.55. The summed E-state index contributed by atoms with van der Waals surface area (Å²) in [5.74, 6) is 0. The Balaban J connectivity index is 1.59. The number of hydrogen-bond acceptors (Lipinski definition) is 10. The lowest BCUT2D eigenvalue weighted by atomic mass is 10.1. The van der Waals surface area contributed by atoms with Crippen molar-refractivity contribution in [3.05, 3.63) is 87.4 Å². The summed E-state index contributed by atoms with van der Waals surface area (Å²) in [7, 11) is -7.99. The third kappa shape index (κ3) is 11.3. The van der Waals surface area contributed by atoms with E-state index in [0.29, 0.717) is 0 Å². The fourth-order valence-electron chi connectivity index (χ4n) is 4.10. The number of halogens is 4. The average molecular weight is 755 g/mol. The van der Waals surface area contributed by atoms with Gasteiger partial charge in [-0.05, 0) is 50.2 Å². The second-order valence-corrected chi connectivity index (χ2v) is 14.1. The number of ether oxygens (including phenoxy) is 2. The highest BCUT2D eigenvalue weighted by atomic mass is 79.9. The molecule has 0 radical (unpaired) electrons. The maximum absolute atomic E-state index is 13.7. The molecule has 0 saturated heterocycles. The van der Waals surface area contributed by atoms with E-state index >= 15 is 0 Å². The van der Waals surface area contributed by atoms with E-state index in [1.165, 1.54) is 35.2 Å². The molecule has 0 aliphatic carbocycles. The average Bonchev–Trinajstić information content (AvgIpc) is 2.99. The number of anilines is 1. The minimum absolute atomic E-state index is 0.00494. The van der Waals surface area contributed by atoms with Gasteiger partial charge in [-0.1, -0.05) is 51.3 Å². The number of aryl methyl sites for hydroxylation is 2. The van der Waals surface area contributed by atoms with E-state index in [4.69, 9.17) is 17.8 Å². The molecule has 3 aromatic rings. The zero-order valence-corrected chi connectivity index (χ0v) is 28.3. The van der Waals surface area contributed by atoms with Crippen LogP contribution in [0.5, 0.6) is 0 Å². The molecule has 0 bridgehead atoms. The van der Waals surface area contributed by atoms with Crippen LogP contribution in [-0.2, 0) is 50.9 Å². The molecule has 1 N–H and O–H groups in total. The van der Waals surface area contributed by atoms with Gasteiger partial charge < -0.3 is 19.5 Å². The number of rotatable bonds is 18. The van der Waals surface area contributed by atoms with Crippen LogP contribution in [0.1, 0.15) is 22.3 Å². The molecule has 0 saturated carbocycles. The Morgan fingerprint density at radius 2 is 1.15 bits per heavy atom. The van der Waals surface area contributed by atoms with Gasteiger partial charge in [0.2, 0.25) is 0 Å². The predicted molar refractivity (Wildman–Crippen MR) is 168 cm³/mol. The van der Waals surface area contributed by atoms with E-state index in [-0.39, 0.29) is 78.2 Å². The Morgan fingerprint density at radius 1 is 0.717 bits per heavy atom. The first-order valence-corrected chi connectivity index (χ1v) is 17.6. The molecular weight excluding hydrogens is 719 g/mol. The van der Waals surface area contributed by atoms with Gasteiger partial charge in [0.25, 0.3) is 20.2 Å². The molecule has 0 spiro atoms.